The topological polar surface area (TPSA) is 30.2 Å². The predicted octanol–water partition coefficient (Wildman–Crippen LogP) is 4.07. The van der Waals surface area contributed by atoms with Crippen LogP contribution in [0.1, 0.15) is 5.56 Å². The van der Waals surface area contributed by atoms with Gasteiger partial charge < -0.3 is 0 Å². The monoisotopic (exact) mass is 297 g/mol. The van der Waals surface area contributed by atoms with E-state index in [9.17, 15) is 13.2 Å². The Morgan fingerprint density at radius 1 is 1.00 bits per heavy atom. The summed E-state index contributed by atoms with van der Waals surface area (Å²) in [5, 5.41) is 8.23. The summed E-state index contributed by atoms with van der Waals surface area (Å²) in [7, 11) is 0. The first kappa shape index (κ1) is 12.9. The van der Waals surface area contributed by atoms with Gasteiger partial charge in [0.25, 0.3) is 0 Å². The van der Waals surface area contributed by atoms with Crippen LogP contribution in [0.5, 0.6) is 0 Å². The summed E-state index contributed by atoms with van der Waals surface area (Å²) >= 11 is 5.95. The Morgan fingerprint density at radius 2 is 1.70 bits per heavy atom. The maximum absolute atomic E-state index is 12.5. The minimum atomic E-state index is -4.35. The molecule has 1 aromatic carbocycles. The van der Waals surface area contributed by atoms with Crippen molar-refractivity contribution >= 4 is 17.1 Å². The zero-order valence-corrected chi connectivity index (χ0v) is 10.7. The summed E-state index contributed by atoms with van der Waals surface area (Å²) in [5.74, 6) is 0. The van der Waals surface area contributed by atoms with Crippen LogP contribution >= 0.6 is 11.6 Å². The van der Waals surface area contributed by atoms with Crippen LogP contribution < -0.4 is 0 Å². The van der Waals surface area contributed by atoms with Crippen LogP contribution in [0.25, 0.3) is 16.8 Å². The lowest BCUT2D eigenvalue weighted by Gasteiger charge is -2.06. The first-order valence-corrected chi connectivity index (χ1v) is 6.02. The third-order valence-electron chi connectivity index (χ3n) is 2.88. The summed E-state index contributed by atoms with van der Waals surface area (Å²) in [6.07, 6.45) is -4.35. The highest BCUT2D eigenvalue weighted by Crippen LogP contribution is 2.31. The standard InChI is InChI=1S/C13H7ClF3N3/c14-11-3-1-2-10-12(18-19-20(10)11)8-4-6-9(7-5-8)13(15,16)17/h1-7H. The average Bonchev–Trinajstić information content (AvgIpc) is 2.83. The lowest BCUT2D eigenvalue weighted by atomic mass is 10.1. The van der Waals surface area contributed by atoms with Crippen LogP contribution in [0, 0.1) is 0 Å². The van der Waals surface area contributed by atoms with Gasteiger partial charge in [-0.2, -0.15) is 13.2 Å². The molecule has 102 valence electrons. The Kier molecular flexibility index (Phi) is 2.90. The van der Waals surface area contributed by atoms with Gasteiger partial charge in [0.1, 0.15) is 10.8 Å². The van der Waals surface area contributed by atoms with Gasteiger partial charge >= 0.3 is 6.18 Å². The number of hydrogen-bond acceptors (Lipinski definition) is 2. The minimum Gasteiger partial charge on any atom is -0.201 e. The van der Waals surface area contributed by atoms with Crippen LogP contribution in [0.2, 0.25) is 5.15 Å². The Morgan fingerprint density at radius 3 is 2.35 bits per heavy atom. The lowest BCUT2D eigenvalue weighted by Crippen LogP contribution is -2.04. The molecule has 0 aliphatic rings. The van der Waals surface area contributed by atoms with E-state index in [2.05, 4.69) is 10.3 Å². The van der Waals surface area contributed by atoms with Crippen molar-refractivity contribution in [2.24, 2.45) is 0 Å². The van der Waals surface area contributed by atoms with Crippen LogP contribution in [0.3, 0.4) is 0 Å². The summed E-state index contributed by atoms with van der Waals surface area (Å²) in [6.45, 7) is 0. The summed E-state index contributed by atoms with van der Waals surface area (Å²) in [5.41, 5.74) is 0.976. The normalized spacial score (nSPS) is 12.0. The molecular weight excluding hydrogens is 291 g/mol. The smallest absolute Gasteiger partial charge is 0.201 e. The first-order chi connectivity index (χ1) is 9.47. The van der Waals surface area contributed by atoms with E-state index in [0.717, 1.165) is 12.1 Å². The number of aromatic nitrogens is 3. The molecule has 3 aromatic rings. The molecule has 2 heterocycles. The fourth-order valence-corrected chi connectivity index (χ4v) is 2.11. The summed E-state index contributed by atoms with van der Waals surface area (Å²) < 4.78 is 39.0. The molecule has 2 aromatic heterocycles. The molecule has 0 atom stereocenters. The van der Waals surface area contributed by atoms with Gasteiger partial charge in [0.15, 0.2) is 0 Å². The SMILES string of the molecule is FC(F)(F)c1ccc(-c2nnn3c(Cl)cccc23)cc1. The number of fused-ring (bicyclic) bond motifs is 1. The number of pyridine rings is 1. The molecule has 7 heteroatoms. The third-order valence-corrected chi connectivity index (χ3v) is 3.17. The van der Waals surface area contributed by atoms with Gasteiger partial charge in [-0.05, 0) is 24.3 Å². The molecule has 0 saturated carbocycles. The average molecular weight is 298 g/mol. The Labute approximate surface area is 116 Å². The second kappa shape index (κ2) is 4.49. The van der Waals surface area contributed by atoms with Gasteiger partial charge in [-0.25, -0.2) is 4.52 Å². The van der Waals surface area contributed by atoms with E-state index in [1.165, 1.54) is 16.6 Å². The second-order valence-corrected chi connectivity index (χ2v) is 4.55. The highest BCUT2D eigenvalue weighted by atomic mass is 35.5. The number of benzene rings is 1. The van der Waals surface area contributed by atoms with Gasteiger partial charge in [0, 0.05) is 5.56 Å². The molecule has 0 bridgehead atoms. The van der Waals surface area contributed by atoms with Crippen molar-refractivity contribution in [1.29, 1.82) is 0 Å². The van der Waals surface area contributed by atoms with Gasteiger partial charge in [-0.1, -0.05) is 35.0 Å². The quantitative estimate of drug-likeness (QED) is 0.634. The van der Waals surface area contributed by atoms with E-state index in [1.54, 1.807) is 18.2 Å². The molecule has 0 unspecified atom stereocenters. The van der Waals surface area contributed by atoms with E-state index in [1.807, 2.05) is 0 Å². The largest absolute Gasteiger partial charge is 0.416 e. The zero-order valence-electron chi connectivity index (χ0n) is 9.89. The molecule has 0 spiro atoms. The van der Waals surface area contributed by atoms with E-state index < -0.39 is 11.7 Å². The number of rotatable bonds is 1. The van der Waals surface area contributed by atoms with Crippen LogP contribution in [-0.4, -0.2) is 14.8 Å². The van der Waals surface area contributed by atoms with E-state index in [-0.39, 0.29) is 0 Å². The maximum Gasteiger partial charge on any atom is 0.416 e. The Bertz CT molecular complexity index is 763. The van der Waals surface area contributed by atoms with Crippen molar-refractivity contribution in [3.05, 3.63) is 53.2 Å². The molecule has 0 N–H and O–H groups in total. The molecule has 20 heavy (non-hydrogen) atoms. The molecule has 0 aliphatic carbocycles. The molecule has 3 rings (SSSR count). The summed E-state index contributed by atoms with van der Waals surface area (Å²) in [4.78, 5) is 0. The van der Waals surface area contributed by atoms with Crippen LogP contribution in [0.4, 0.5) is 13.2 Å². The fraction of sp³-hybridized carbons (Fsp3) is 0.0769. The molecule has 0 radical (unpaired) electrons. The van der Waals surface area contributed by atoms with Gasteiger partial charge in [-0.15, -0.1) is 5.10 Å². The lowest BCUT2D eigenvalue weighted by molar-refractivity contribution is -0.137. The van der Waals surface area contributed by atoms with Gasteiger partial charge in [-0.3, -0.25) is 0 Å². The maximum atomic E-state index is 12.5. The van der Waals surface area contributed by atoms with Crippen molar-refractivity contribution in [2.75, 3.05) is 0 Å². The van der Waals surface area contributed by atoms with E-state index in [4.69, 9.17) is 11.6 Å². The second-order valence-electron chi connectivity index (χ2n) is 4.16. The van der Waals surface area contributed by atoms with Crippen LogP contribution in [-0.2, 0) is 6.18 Å². The van der Waals surface area contributed by atoms with Crippen molar-refractivity contribution in [2.45, 2.75) is 6.18 Å². The number of alkyl halides is 3. The first-order valence-electron chi connectivity index (χ1n) is 5.64. The fourth-order valence-electron chi connectivity index (χ4n) is 1.91. The Balaban J connectivity index is 2.10. The molecule has 0 saturated heterocycles. The molecule has 3 nitrogen and oxygen atoms in total. The van der Waals surface area contributed by atoms with E-state index in [0.29, 0.717) is 21.9 Å². The third kappa shape index (κ3) is 2.12. The Hall–Kier alpha value is -2.08. The number of hydrogen-bond donors (Lipinski definition) is 0. The van der Waals surface area contributed by atoms with Gasteiger partial charge in [0.05, 0.1) is 11.1 Å². The number of nitrogens with zero attached hydrogens (tertiary/aromatic N) is 3. The highest BCUT2D eigenvalue weighted by molar-refractivity contribution is 6.29. The van der Waals surface area contributed by atoms with Crippen molar-refractivity contribution in [3.63, 3.8) is 0 Å². The van der Waals surface area contributed by atoms with Crippen molar-refractivity contribution in [3.8, 4) is 11.3 Å². The molecule has 0 fully saturated rings. The predicted molar refractivity (Wildman–Crippen MR) is 68.4 cm³/mol. The van der Waals surface area contributed by atoms with E-state index >= 15 is 0 Å². The summed E-state index contributed by atoms with van der Waals surface area (Å²) in [6, 6.07) is 9.91. The number of halogens is 4. The molecular formula is C13H7ClF3N3. The highest BCUT2D eigenvalue weighted by Gasteiger charge is 2.30. The van der Waals surface area contributed by atoms with Gasteiger partial charge in [0.2, 0.25) is 0 Å². The molecule has 0 aliphatic heterocycles. The van der Waals surface area contributed by atoms with Crippen LogP contribution in [0.15, 0.2) is 42.5 Å². The molecule has 0 amide bonds. The minimum absolute atomic E-state index is 0.383. The zero-order chi connectivity index (χ0) is 14.3. The van der Waals surface area contributed by atoms with Crippen molar-refractivity contribution < 1.29 is 13.2 Å². The van der Waals surface area contributed by atoms with Crippen molar-refractivity contribution in [1.82, 2.24) is 14.8 Å².